The summed E-state index contributed by atoms with van der Waals surface area (Å²) in [6.45, 7) is 0. The third kappa shape index (κ3) is 10.3. The van der Waals surface area contributed by atoms with Crippen LogP contribution in [0.5, 0.6) is 0 Å². The molecule has 0 fully saturated rings. The van der Waals surface area contributed by atoms with E-state index in [1.807, 2.05) is 6.08 Å². The van der Waals surface area contributed by atoms with Crippen molar-refractivity contribution >= 4 is 5.97 Å². The van der Waals surface area contributed by atoms with Crippen LogP contribution in [0.3, 0.4) is 0 Å². The molecule has 0 amide bonds. The van der Waals surface area contributed by atoms with Crippen molar-refractivity contribution < 1.29 is 28.9 Å². The van der Waals surface area contributed by atoms with Gasteiger partial charge in [-0.25, -0.2) is 8.78 Å². The fourth-order valence-electron chi connectivity index (χ4n) is 1.79. The van der Waals surface area contributed by atoms with Gasteiger partial charge in [-0.1, -0.05) is 25.0 Å². The molecule has 0 aliphatic rings. The Balaban J connectivity index is 3.65. The van der Waals surface area contributed by atoms with Crippen molar-refractivity contribution in [1.82, 2.24) is 0 Å². The number of aliphatic hydroxyl groups is 2. The first-order valence-electron chi connectivity index (χ1n) is 7.14. The van der Waals surface area contributed by atoms with E-state index < -0.39 is 30.6 Å². The van der Waals surface area contributed by atoms with E-state index in [-0.39, 0.29) is 12.8 Å². The van der Waals surface area contributed by atoms with Crippen molar-refractivity contribution in [1.29, 1.82) is 0 Å². The minimum atomic E-state index is -2.23. The van der Waals surface area contributed by atoms with E-state index in [9.17, 15) is 23.8 Å². The van der Waals surface area contributed by atoms with Crippen LogP contribution in [0.15, 0.2) is 12.2 Å². The summed E-state index contributed by atoms with van der Waals surface area (Å²) in [5.74, 6) is -1.37. The first kappa shape index (κ1) is 19.9. The second-order valence-electron chi connectivity index (χ2n) is 5.01. The predicted octanol–water partition coefficient (Wildman–Crippen LogP) is 1.67. The maximum Gasteiger partial charge on any atom is 0.323 e. The number of halogens is 2. The van der Waals surface area contributed by atoms with Gasteiger partial charge in [0.25, 0.3) is 0 Å². The summed E-state index contributed by atoms with van der Waals surface area (Å²) in [5, 5.41) is 27.6. The lowest BCUT2D eigenvalue weighted by Crippen LogP contribution is -2.47. The second kappa shape index (κ2) is 11.6. The van der Waals surface area contributed by atoms with Crippen molar-refractivity contribution in [2.45, 2.75) is 69.6 Å². The van der Waals surface area contributed by atoms with E-state index in [1.165, 1.54) is 0 Å². The number of alkyl halides is 2. The normalized spacial score (nSPS) is 16.3. The number of aliphatic carboxylic acids is 1. The van der Waals surface area contributed by atoms with Crippen molar-refractivity contribution in [3.63, 3.8) is 0 Å². The summed E-state index contributed by atoms with van der Waals surface area (Å²) < 4.78 is 23.7. The third-order valence-electron chi connectivity index (χ3n) is 3.13. The highest BCUT2D eigenvalue weighted by Crippen LogP contribution is 2.10. The SMILES string of the molecule is NC(C(=O)O)C(O)C(O)CC=CCCCCCCC(F)F. The Morgan fingerprint density at radius 3 is 2.29 bits per heavy atom. The van der Waals surface area contributed by atoms with Crippen LogP contribution in [0.4, 0.5) is 8.78 Å². The van der Waals surface area contributed by atoms with Gasteiger partial charge >= 0.3 is 5.97 Å². The molecule has 21 heavy (non-hydrogen) atoms. The molecule has 0 saturated carbocycles. The highest BCUT2D eigenvalue weighted by molar-refractivity contribution is 5.74. The number of rotatable bonds is 12. The number of nitrogens with two attached hydrogens (primary N) is 1. The zero-order valence-electron chi connectivity index (χ0n) is 12.0. The number of hydrogen-bond donors (Lipinski definition) is 4. The molecule has 0 aromatic heterocycles. The summed E-state index contributed by atoms with van der Waals surface area (Å²) in [6, 6.07) is -1.51. The lowest BCUT2D eigenvalue weighted by Gasteiger charge is -2.19. The first-order chi connectivity index (χ1) is 9.86. The minimum absolute atomic E-state index is 0.0518. The molecule has 5 N–H and O–H groups in total. The molecule has 7 heteroatoms. The van der Waals surface area contributed by atoms with Gasteiger partial charge in [0.2, 0.25) is 6.43 Å². The Bertz CT molecular complexity index is 313. The average Bonchev–Trinajstić information content (AvgIpc) is 2.43. The van der Waals surface area contributed by atoms with Crippen LogP contribution in [0, 0.1) is 0 Å². The Hall–Kier alpha value is -1.05. The van der Waals surface area contributed by atoms with Crippen LogP contribution in [-0.4, -0.2) is 46.0 Å². The number of hydrogen-bond acceptors (Lipinski definition) is 4. The van der Waals surface area contributed by atoms with E-state index in [1.54, 1.807) is 6.08 Å². The molecule has 0 radical (unpaired) electrons. The van der Waals surface area contributed by atoms with Crippen molar-refractivity contribution in [2.24, 2.45) is 5.73 Å². The van der Waals surface area contributed by atoms with Gasteiger partial charge in [-0.05, 0) is 25.7 Å². The minimum Gasteiger partial charge on any atom is -0.480 e. The summed E-state index contributed by atoms with van der Waals surface area (Å²) in [5.41, 5.74) is 5.19. The topological polar surface area (TPSA) is 104 Å². The van der Waals surface area contributed by atoms with Crippen LogP contribution in [0.1, 0.15) is 44.9 Å². The molecule has 0 rings (SSSR count). The van der Waals surface area contributed by atoms with Gasteiger partial charge in [-0.2, -0.15) is 0 Å². The summed E-state index contributed by atoms with van der Waals surface area (Å²) in [7, 11) is 0. The van der Waals surface area contributed by atoms with E-state index in [4.69, 9.17) is 10.8 Å². The van der Waals surface area contributed by atoms with Gasteiger partial charge in [0.05, 0.1) is 6.10 Å². The van der Waals surface area contributed by atoms with E-state index >= 15 is 0 Å². The fourth-order valence-corrected chi connectivity index (χ4v) is 1.79. The molecule has 0 aliphatic heterocycles. The summed E-state index contributed by atoms with van der Waals surface area (Å²) in [4.78, 5) is 10.5. The standard InChI is InChI=1S/C14H25F2NO4/c15-11(16)9-7-5-3-1-2-4-6-8-10(18)13(19)12(17)14(20)21/h4,6,10-13,18-19H,1-3,5,7-9,17H2,(H,20,21). The molecule has 5 nitrogen and oxygen atoms in total. The van der Waals surface area contributed by atoms with Crippen LogP contribution >= 0.6 is 0 Å². The quantitative estimate of drug-likeness (QED) is 0.324. The number of carboxylic acid groups (broad SMARTS) is 1. The molecular formula is C14H25F2NO4. The van der Waals surface area contributed by atoms with Crippen molar-refractivity contribution in [3.05, 3.63) is 12.2 Å². The molecule has 0 spiro atoms. The highest BCUT2D eigenvalue weighted by atomic mass is 19.3. The van der Waals surface area contributed by atoms with E-state index in [0.29, 0.717) is 6.42 Å². The second-order valence-corrected chi connectivity index (χ2v) is 5.01. The van der Waals surface area contributed by atoms with Gasteiger partial charge < -0.3 is 21.1 Å². The van der Waals surface area contributed by atoms with E-state index in [2.05, 4.69) is 0 Å². The summed E-state index contributed by atoms with van der Waals surface area (Å²) >= 11 is 0. The molecular weight excluding hydrogens is 284 g/mol. The van der Waals surface area contributed by atoms with Crippen molar-refractivity contribution in [2.75, 3.05) is 0 Å². The summed E-state index contributed by atoms with van der Waals surface area (Å²) in [6.07, 6.45) is 2.36. The smallest absolute Gasteiger partial charge is 0.323 e. The maximum atomic E-state index is 11.9. The largest absolute Gasteiger partial charge is 0.480 e. The molecule has 124 valence electrons. The molecule has 0 aromatic carbocycles. The van der Waals surface area contributed by atoms with Gasteiger partial charge in [0.15, 0.2) is 0 Å². The zero-order valence-corrected chi connectivity index (χ0v) is 12.0. The molecule has 0 aromatic rings. The third-order valence-corrected chi connectivity index (χ3v) is 3.13. The van der Waals surface area contributed by atoms with Crippen LogP contribution < -0.4 is 5.73 Å². The Morgan fingerprint density at radius 1 is 1.10 bits per heavy atom. The van der Waals surface area contributed by atoms with Crippen LogP contribution in [-0.2, 0) is 4.79 Å². The monoisotopic (exact) mass is 309 g/mol. The van der Waals surface area contributed by atoms with Gasteiger partial charge in [0.1, 0.15) is 12.1 Å². The van der Waals surface area contributed by atoms with Gasteiger partial charge in [-0.15, -0.1) is 0 Å². The highest BCUT2D eigenvalue weighted by Gasteiger charge is 2.27. The van der Waals surface area contributed by atoms with Crippen LogP contribution in [0.2, 0.25) is 0 Å². The molecule has 0 aliphatic carbocycles. The number of carbonyl (C=O) groups is 1. The maximum absolute atomic E-state index is 11.9. The lowest BCUT2D eigenvalue weighted by atomic mass is 10.0. The molecule has 3 atom stereocenters. The van der Waals surface area contributed by atoms with Gasteiger partial charge in [-0.3, -0.25) is 4.79 Å². The van der Waals surface area contributed by atoms with Crippen LogP contribution in [0.25, 0.3) is 0 Å². The molecule has 3 unspecified atom stereocenters. The van der Waals surface area contributed by atoms with Gasteiger partial charge in [0, 0.05) is 6.42 Å². The fraction of sp³-hybridized carbons (Fsp3) is 0.786. The molecule has 0 bridgehead atoms. The van der Waals surface area contributed by atoms with Crippen molar-refractivity contribution in [3.8, 4) is 0 Å². The molecule has 0 heterocycles. The number of aliphatic hydroxyl groups excluding tert-OH is 2. The number of allylic oxidation sites excluding steroid dienone is 1. The van der Waals surface area contributed by atoms with E-state index in [0.717, 1.165) is 25.7 Å². The Labute approximate surface area is 123 Å². The first-order valence-corrected chi connectivity index (χ1v) is 7.14. The number of unbranched alkanes of at least 4 members (excludes halogenated alkanes) is 4. The average molecular weight is 309 g/mol. The Morgan fingerprint density at radius 2 is 1.71 bits per heavy atom. The molecule has 0 saturated heterocycles. The zero-order chi connectivity index (χ0) is 16.3. The number of carboxylic acids is 1. The predicted molar refractivity (Wildman–Crippen MR) is 75.1 cm³/mol. The Kier molecular flexibility index (Phi) is 11.0. The lowest BCUT2D eigenvalue weighted by molar-refractivity contribution is -0.143.